The second kappa shape index (κ2) is 7.40. The lowest BCUT2D eigenvalue weighted by Gasteiger charge is -2.15. The molecule has 0 spiro atoms. The summed E-state index contributed by atoms with van der Waals surface area (Å²) in [6, 6.07) is 4.65. The van der Waals surface area contributed by atoms with Crippen LogP contribution in [0.4, 0.5) is 14.7 Å². The monoisotopic (exact) mass is 389 g/mol. The summed E-state index contributed by atoms with van der Waals surface area (Å²) in [5.41, 5.74) is 6.03. The fourth-order valence-corrected chi connectivity index (χ4v) is 3.08. The number of aromatic nitrogens is 4. The van der Waals surface area contributed by atoms with Crippen LogP contribution in [0.2, 0.25) is 0 Å². The number of hydrogen-bond donors (Lipinski definition) is 2. The van der Waals surface area contributed by atoms with E-state index in [1.54, 1.807) is 12.1 Å². The number of ether oxygens (including phenoxy) is 1. The predicted molar refractivity (Wildman–Crippen MR) is 98.7 cm³/mol. The van der Waals surface area contributed by atoms with Gasteiger partial charge in [-0.25, -0.2) is 18.3 Å². The van der Waals surface area contributed by atoms with Crippen molar-refractivity contribution in [3.63, 3.8) is 0 Å². The first-order valence-corrected chi connectivity index (χ1v) is 9.18. The minimum atomic E-state index is -1.23. The summed E-state index contributed by atoms with van der Waals surface area (Å²) < 4.78 is 34.1. The fourth-order valence-electron chi connectivity index (χ4n) is 3.08. The quantitative estimate of drug-likeness (QED) is 0.699. The first-order chi connectivity index (χ1) is 13.5. The number of anilines is 1. The van der Waals surface area contributed by atoms with Crippen LogP contribution >= 0.6 is 0 Å². The maximum atomic E-state index is 13.9. The Balaban J connectivity index is 0.000000233. The van der Waals surface area contributed by atoms with Crippen LogP contribution < -0.4 is 5.73 Å². The van der Waals surface area contributed by atoms with E-state index in [0.29, 0.717) is 36.4 Å². The Hall–Kier alpha value is -2.65. The van der Waals surface area contributed by atoms with Crippen molar-refractivity contribution in [2.75, 3.05) is 18.9 Å². The Morgan fingerprint density at radius 3 is 2.64 bits per heavy atom. The van der Waals surface area contributed by atoms with Crippen molar-refractivity contribution >= 4 is 11.5 Å². The second-order valence-corrected chi connectivity index (χ2v) is 7.06. The molecule has 0 aromatic carbocycles. The summed E-state index contributed by atoms with van der Waals surface area (Å²) in [5, 5.41) is 12.8. The third kappa shape index (κ3) is 3.81. The lowest BCUT2D eigenvalue weighted by Crippen LogP contribution is -2.21. The van der Waals surface area contributed by atoms with Crippen LogP contribution in [0.5, 0.6) is 0 Å². The van der Waals surface area contributed by atoms with Crippen molar-refractivity contribution in [2.45, 2.75) is 37.5 Å². The summed E-state index contributed by atoms with van der Waals surface area (Å²) in [5.74, 6) is -0.420. The van der Waals surface area contributed by atoms with Crippen molar-refractivity contribution in [1.82, 2.24) is 19.6 Å². The lowest BCUT2D eigenvalue weighted by molar-refractivity contribution is -0.00535. The van der Waals surface area contributed by atoms with Gasteiger partial charge in [-0.3, -0.25) is 4.98 Å². The molecule has 2 aliphatic rings. The minimum Gasteiger partial charge on any atom is -0.391 e. The lowest BCUT2D eigenvalue weighted by atomic mass is 10.1. The number of hydrogen-bond acceptors (Lipinski definition) is 6. The smallest absolute Gasteiger partial charge is 0.238 e. The van der Waals surface area contributed by atoms with Gasteiger partial charge in [-0.1, -0.05) is 6.07 Å². The Morgan fingerprint density at radius 2 is 2.07 bits per heavy atom. The van der Waals surface area contributed by atoms with Crippen molar-refractivity contribution < 1.29 is 18.6 Å². The zero-order valence-electron chi connectivity index (χ0n) is 15.2. The number of aliphatic hydroxyl groups is 1. The van der Waals surface area contributed by atoms with E-state index in [4.69, 9.17) is 15.6 Å². The SMILES string of the molecule is Nc1ncc2c(F)cc(-c3ccc(C4(F)CC4)cn3)n2n1.OC1CCCOC1. The zero-order valence-corrected chi connectivity index (χ0v) is 15.2. The van der Waals surface area contributed by atoms with Gasteiger partial charge in [-0.15, -0.1) is 5.10 Å². The molecule has 0 amide bonds. The van der Waals surface area contributed by atoms with E-state index >= 15 is 0 Å². The van der Waals surface area contributed by atoms with Gasteiger partial charge in [0.2, 0.25) is 5.95 Å². The molecule has 5 rings (SSSR count). The van der Waals surface area contributed by atoms with Gasteiger partial charge in [0.05, 0.1) is 30.3 Å². The molecule has 7 nitrogen and oxygen atoms in total. The molecular weight excluding hydrogens is 368 g/mol. The molecule has 3 aromatic rings. The normalized spacial score (nSPS) is 20.5. The van der Waals surface area contributed by atoms with Gasteiger partial charge in [0, 0.05) is 24.4 Å². The Morgan fingerprint density at radius 1 is 1.25 bits per heavy atom. The molecule has 1 unspecified atom stereocenters. The highest BCUT2D eigenvalue weighted by Gasteiger charge is 2.45. The molecule has 148 valence electrons. The summed E-state index contributed by atoms with van der Waals surface area (Å²) in [6.07, 6.45) is 5.61. The number of nitrogens with zero attached hydrogens (tertiary/aromatic N) is 4. The molecule has 28 heavy (non-hydrogen) atoms. The molecule has 3 N–H and O–H groups in total. The number of alkyl halides is 1. The van der Waals surface area contributed by atoms with Gasteiger partial charge in [0.25, 0.3) is 0 Å². The number of halogens is 2. The molecule has 9 heteroatoms. The zero-order chi connectivity index (χ0) is 19.7. The van der Waals surface area contributed by atoms with E-state index in [1.165, 1.54) is 23.0 Å². The highest BCUT2D eigenvalue weighted by atomic mass is 19.1. The Bertz CT molecular complexity index is 966. The van der Waals surface area contributed by atoms with Crippen LogP contribution in [0.3, 0.4) is 0 Å². The summed E-state index contributed by atoms with van der Waals surface area (Å²) >= 11 is 0. The molecule has 1 aliphatic heterocycles. The number of rotatable bonds is 2. The van der Waals surface area contributed by atoms with Crippen LogP contribution in [-0.2, 0) is 10.4 Å². The van der Waals surface area contributed by atoms with Crippen LogP contribution in [0.1, 0.15) is 31.2 Å². The van der Waals surface area contributed by atoms with Crippen molar-refractivity contribution in [2.24, 2.45) is 0 Å². The van der Waals surface area contributed by atoms with E-state index < -0.39 is 11.5 Å². The van der Waals surface area contributed by atoms with Crippen molar-refractivity contribution in [3.8, 4) is 11.4 Å². The van der Waals surface area contributed by atoms with Gasteiger partial charge in [-0.2, -0.15) is 0 Å². The average Bonchev–Trinajstić information content (AvgIpc) is 3.37. The number of fused-ring (bicyclic) bond motifs is 1. The highest BCUT2D eigenvalue weighted by molar-refractivity contribution is 5.64. The molecule has 1 atom stereocenters. The van der Waals surface area contributed by atoms with Gasteiger partial charge in [-0.05, 0) is 31.7 Å². The number of nitrogens with two attached hydrogens (primary N) is 1. The van der Waals surface area contributed by atoms with Crippen molar-refractivity contribution in [3.05, 3.63) is 42.0 Å². The van der Waals surface area contributed by atoms with E-state index in [1.807, 2.05) is 0 Å². The maximum Gasteiger partial charge on any atom is 0.238 e. The fraction of sp³-hybridized carbons (Fsp3) is 0.421. The molecule has 1 saturated heterocycles. The van der Waals surface area contributed by atoms with Crippen LogP contribution in [0.25, 0.3) is 16.9 Å². The number of nitrogen functional groups attached to an aromatic ring is 1. The number of aliphatic hydroxyl groups excluding tert-OH is 1. The third-order valence-corrected chi connectivity index (χ3v) is 4.85. The molecule has 1 saturated carbocycles. The van der Waals surface area contributed by atoms with Gasteiger partial charge >= 0.3 is 0 Å². The standard InChI is InChI=1S/C14H11F2N5.C5H10O2/c15-9-5-11(21-12(9)7-19-13(17)20-21)10-2-1-8(6-18-10)14(16)3-4-14;6-5-2-1-3-7-4-5/h1-2,5-7H,3-4H2,(H2,17,20);5-6H,1-4H2. The van der Waals surface area contributed by atoms with E-state index in [9.17, 15) is 8.78 Å². The van der Waals surface area contributed by atoms with E-state index in [0.717, 1.165) is 19.4 Å². The van der Waals surface area contributed by atoms with Crippen LogP contribution in [0.15, 0.2) is 30.6 Å². The number of pyridine rings is 1. The molecule has 2 fully saturated rings. The molecule has 4 heterocycles. The summed E-state index contributed by atoms with van der Waals surface area (Å²) in [7, 11) is 0. The average molecular weight is 389 g/mol. The van der Waals surface area contributed by atoms with E-state index in [2.05, 4.69) is 15.1 Å². The summed E-state index contributed by atoms with van der Waals surface area (Å²) in [4.78, 5) is 7.99. The van der Waals surface area contributed by atoms with Crippen LogP contribution in [0, 0.1) is 5.82 Å². The highest BCUT2D eigenvalue weighted by Crippen LogP contribution is 2.49. The van der Waals surface area contributed by atoms with E-state index in [-0.39, 0.29) is 17.6 Å². The van der Waals surface area contributed by atoms with Gasteiger partial charge < -0.3 is 15.6 Å². The first-order valence-electron chi connectivity index (χ1n) is 9.18. The van der Waals surface area contributed by atoms with Crippen LogP contribution in [-0.4, -0.2) is 44.0 Å². The second-order valence-electron chi connectivity index (χ2n) is 7.06. The largest absolute Gasteiger partial charge is 0.391 e. The molecule has 1 aliphatic carbocycles. The van der Waals surface area contributed by atoms with Gasteiger partial charge in [0.15, 0.2) is 5.82 Å². The predicted octanol–water partition coefficient (Wildman–Crippen LogP) is 2.63. The maximum absolute atomic E-state index is 13.9. The molecular formula is C19H21F2N5O2. The van der Waals surface area contributed by atoms with Crippen molar-refractivity contribution in [1.29, 1.82) is 0 Å². The van der Waals surface area contributed by atoms with Gasteiger partial charge in [0.1, 0.15) is 11.2 Å². The third-order valence-electron chi connectivity index (χ3n) is 4.85. The Labute approximate surface area is 160 Å². The first kappa shape index (κ1) is 18.7. The Kier molecular flexibility index (Phi) is 4.94. The molecule has 0 radical (unpaired) electrons. The molecule has 3 aromatic heterocycles. The molecule has 0 bridgehead atoms. The minimum absolute atomic E-state index is 0.0386. The topological polar surface area (TPSA) is 98.6 Å². The summed E-state index contributed by atoms with van der Waals surface area (Å²) in [6.45, 7) is 1.37.